The smallest absolute Gasteiger partial charge is 0.337 e. The van der Waals surface area contributed by atoms with Crippen LogP contribution in [0.4, 0.5) is 5.69 Å². The van der Waals surface area contributed by atoms with E-state index in [1.165, 1.54) is 6.07 Å². The molecule has 4 N–H and O–H groups in total. The third-order valence-corrected chi connectivity index (χ3v) is 4.96. The van der Waals surface area contributed by atoms with Crippen LogP contribution in [0.25, 0.3) is 0 Å². The molecule has 0 bridgehead atoms. The maximum atomic E-state index is 12.5. The van der Waals surface area contributed by atoms with E-state index >= 15 is 0 Å². The lowest BCUT2D eigenvalue weighted by Gasteiger charge is -2.21. The lowest BCUT2D eigenvalue weighted by atomic mass is 10.0. The van der Waals surface area contributed by atoms with Crippen LogP contribution in [-0.4, -0.2) is 79.5 Å². The number of carbonyl (C=O) groups is 5. The molecule has 3 atom stereocenters. The Morgan fingerprint density at radius 3 is 1.81 bits per heavy atom. The Bertz CT molecular complexity index is 1080. The van der Waals surface area contributed by atoms with Crippen LogP contribution in [0.2, 0.25) is 0 Å². The molecule has 36 heavy (non-hydrogen) atoms. The Balaban J connectivity index is 2.15. The molecule has 0 unspecified atom stereocenters. The number of amides is 2. The van der Waals surface area contributed by atoms with Gasteiger partial charge in [-0.25, -0.2) is 14.4 Å². The van der Waals surface area contributed by atoms with E-state index in [1.807, 2.05) is 0 Å². The second kappa shape index (κ2) is 13.0. The van der Waals surface area contributed by atoms with Crippen molar-refractivity contribution in [2.24, 2.45) is 0 Å². The van der Waals surface area contributed by atoms with Gasteiger partial charge in [0.2, 0.25) is 0 Å². The Kier molecular flexibility index (Phi) is 10.1. The molecule has 0 saturated heterocycles. The lowest BCUT2D eigenvalue weighted by molar-refractivity contribution is -0.149. The minimum Gasteiger partial charge on any atom is -0.467 e. The number of ether oxygens (including phenoxy) is 3. The minimum atomic E-state index is -2.27. The van der Waals surface area contributed by atoms with Crippen LogP contribution in [0.3, 0.4) is 0 Å². The number of aliphatic hydroxyl groups is 2. The molecule has 12 heteroatoms. The summed E-state index contributed by atoms with van der Waals surface area (Å²) in [6, 6.07) is 10.9. The Hall–Kier alpha value is -4.29. The number of benzene rings is 2. The topological polar surface area (TPSA) is 178 Å². The van der Waals surface area contributed by atoms with E-state index in [0.29, 0.717) is 5.56 Å². The summed E-state index contributed by atoms with van der Waals surface area (Å²) in [5.74, 6) is -4.86. The normalized spacial score (nSPS) is 12.9. The molecule has 0 radical (unpaired) electrons. The molecule has 0 aromatic heterocycles. The average Bonchev–Trinajstić information content (AvgIpc) is 2.90. The maximum Gasteiger partial charge on any atom is 0.337 e. The summed E-state index contributed by atoms with van der Waals surface area (Å²) in [7, 11) is 3.35. The van der Waals surface area contributed by atoms with Crippen LogP contribution in [-0.2, 0) is 35.0 Å². The van der Waals surface area contributed by atoms with Gasteiger partial charge in [-0.15, -0.1) is 0 Å². The number of rotatable bonds is 10. The fourth-order valence-electron chi connectivity index (χ4n) is 3.12. The first-order chi connectivity index (χ1) is 17.1. The van der Waals surface area contributed by atoms with Gasteiger partial charge in [-0.3, -0.25) is 9.59 Å². The Morgan fingerprint density at radius 2 is 1.31 bits per heavy atom. The maximum absolute atomic E-state index is 12.5. The molecule has 0 fully saturated rings. The zero-order chi connectivity index (χ0) is 26.8. The number of carbonyl (C=O) groups excluding carboxylic acids is 5. The molecule has 2 amide bonds. The molecule has 0 aliphatic heterocycles. The number of esters is 3. The fraction of sp³-hybridized carbons (Fsp3) is 0.292. The van der Waals surface area contributed by atoms with E-state index in [4.69, 9.17) is 0 Å². The third kappa shape index (κ3) is 7.35. The molecule has 2 aromatic carbocycles. The van der Waals surface area contributed by atoms with Gasteiger partial charge in [0.05, 0.1) is 32.5 Å². The van der Waals surface area contributed by atoms with Crippen molar-refractivity contribution in [3.8, 4) is 0 Å². The quantitative estimate of drug-likeness (QED) is 0.252. The van der Waals surface area contributed by atoms with Gasteiger partial charge >= 0.3 is 17.9 Å². The molecule has 0 saturated carbocycles. The molecule has 0 aliphatic rings. The molecular weight excluding hydrogens is 476 g/mol. The van der Waals surface area contributed by atoms with Crippen molar-refractivity contribution in [1.29, 1.82) is 0 Å². The van der Waals surface area contributed by atoms with Gasteiger partial charge in [0, 0.05) is 12.1 Å². The number of hydrogen-bond acceptors (Lipinski definition) is 10. The first kappa shape index (κ1) is 28.0. The minimum absolute atomic E-state index is 0.0326. The van der Waals surface area contributed by atoms with Crippen LogP contribution in [0.5, 0.6) is 0 Å². The first-order valence-corrected chi connectivity index (χ1v) is 10.5. The highest BCUT2D eigenvalue weighted by Crippen LogP contribution is 2.18. The molecular formula is C24H26N2O10. The van der Waals surface area contributed by atoms with Crippen molar-refractivity contribution in [3.05, 3.63) is 65.2 Å². The summed E-state index contributed by atoms with van der Waals surface area (Å²) in [6.07, 6.45) is -4.51. The second-order valence-corrected chi connectivity index (χ2v) is 7.44. The van der Waals surface area contributed by atoms with Gasteiger partial charge in [-0.05, 0) is 23.8 Å². The third-order valence-electron chi connectivity index (χ3n) is 4.96. The van der Waals surface area contributed by atoms with Gasteiger partial charge in [0.25, 0.3) is 11.8 Å². The monoisotopic (exact) mass is 502 g/mol. The van der Waals surface area contributed by atoms with Crippen molar-refractivity contribution < 1.29 is 48.4 Å². The van der Waals surface area contributed by atoms with Gasteiger partial charge in [-0.2, -0.15) is 0 Å². The first-order valence-electron chi connectivity index (χ1n) is 10.5. The van der Waals surface area contributed by atoms with Crippen molar-refractivity contribution in [2.75, 3.05) is 26.6 Å². The summed E-state index contributed by atoms with van der Waals surface area (Å²) in [5, 5.41) is 24.9. The van der Waals surface area contributed by atoms with E-state index in [9.17, 15) is 34.2 Å². The predicted octanol–water partition coefficient (Wildman–Crippen LogP) is -0.179. The summed E-state index contributed by atoms with van der Waals surface area (Å²) >= 11 is 0. The summed E-state index contributed by atoms with van der Waals surface area (Å²) < 4.78 is 13.9. The lowest BCUT2D eigenvalue weighted by Crippen LogP contribution is -2.52. The van der Waals surface area contributed by atoms with Crippen molar-refractivity contribution >= 4 is 35.4 Å². The van der Waals surface area contributed by atoms with Gasteiger partial charge in [0.15, 0.2) is 12.2 Å². The number of methoxy groups -OCH3 is 3. The van der Waals surface area contributed by atoms with Crippen LogP contribution in [0.1, 0.15) is 26.3 Å². The van der Waals surface area contributed by atoms with Crippen LogP contribution in [0.15, 0.2) is 48.5 Å². The van der Waals surface area contributed by atoms with Crippen LogP contribution >= 0.6 is 0 Å². The molecule has 2 rings (SSSR count). The van der Waals surface area contributed by atoms with Crippen molar-refractivity contribution in [2.45, 2.75) is 24.7 Å². The molecule has 2 aromatic rings. The second-order valence-electron chi connectivity index (χ2n) is 7.44. The summed E-state index contributed by atoms with van der Waals surface area (Å²) in [5.41, 5.74) is 0.356. The van der Waals surface area contributed by atoms with Crippen molar-refractivity contribution in [1.82, 2.24) is 5.32 Å². The van der Waals surface area contributed by atoms with E-state index in [0.717, 1.165) is 33.5 Å². The highest BCUT2D eigenvalue weighted by molar-refractivity contribution is 6.02. The Labute approximate surface area is 206 Å². The zero-order valence-corrected chi connectivity index (χ0v) is 19.7. The molecule has 192 valence electrons. The number of hydrogen-bond donors (Lipinski definition) is 4. The van der Waals surface area contributed by atoms with Crippen LogP contribution < -0.4 is 10.6 Å². The van der Waals surface area contributed by atoms with Gasteiger partial charge in [0.1, 0.15) is 6.04 Å². The molecule has 0 aliphatic carbocycles. The molecule has 0 spiro atoms. The number of anilines is 1. The predicted molar refractivity (Wildman–Crippen MR) is 124 cm³/mol. The highest BCUT2D eigenvalue weighted by atomic mass is 16.5. The van der Waals surface area contributed by atoms with Crippen molar-refractivity contribution in [3.63, 3.8) is 0 Å². The number of aliphatic hydroxyl groups excluding tert-OH is 2. The summed E-state index contributed by atoms with van der Waals surface area (Å²) in [4.78, 5) is 60.9. The van der Waals surface area contributed by atoms with E-state index in [2.05, 4.69) is 24.8 Å². The Morgan fingerprint density at radius 1 is 0.778 bits per heavy atom. The summed E-state index contributed by atoms with van der Waals surface area (Å²) in [6.45, 7) is 0. The van der Waals surface area contributed by atoms with E-state index < -0.39 is 48.0 Å². The molecule has 0 heterocycles. The average molecular weight is 502 g/mol. The molecule has 12 nitrogen and oxygen atoms in total. The SMILES string of the molecule is COC(=O)c1cc(NC(=O)[C@H](O)[C@@H](O)C(=O)N[C@@H](Cc2ccccc2)C(=O)OC)cc(C(=O)OC)c1. The number of nitrogens with one attached hydrogen (secondary N) is 2. The van der Waals surface area contributed by atoms with E-state index in [-0.39, 0.29) is 23.2 Å². The fourth-order valence-corrected chi connectivity index (χ4v) is 3.12. The van der Waals surface area contributed by atoms with Gasteiger partial charge < -0.3 is 35.1 Å². The highest BCUT2D eigenvalue weighted by Gasteiger charge is 2.33. The van der Waals surface area contributed by atoms with Crippen LogP contribution in [0, 0.1) is 0 Å². The van der Waals surface area contributed by atoms with Gasteiger partial charge in [-0.1, -0.05) is 30.3 Å². The standard InChI is InChI=1S/C24H26N2O10/c1-34-22(31)14-10-15(23(32)35-2)12-16(11-14)25-20(29)18(27)19(28)21(30)26-17(24(33)36-3)9-13-7-5-4-6-8-13/h4-8,10-12,17-19,27-28H,9H2,1-3H3,(H,25,29)(H,26,30)/t17-,18+,19+/m0/s1. The largest absolute Gasteiger partial charge is 0.467 e. The zero-order valence-electron chi connectivity index (χ0n) is 19.7. The van der Waals surface area contributed by atoms with E-state index in [1.54, 1.807) is 30.3 Å².